The first-order chi connectivity index (χ1) is 9.08. The Kier molecular flexibility index (Phi) is 5.66. The molecule has 0 heterocycles. The van der Waals surface area contributed by atoms with E-state index in [0.717, 1.165) is 0 Å². The van der Waals surface area contributed by atoms with Gasteiger partial charge in [0.2, 0.25) is 0 Å². The number of rotatable bonds is 6. The molecular weight excluding hydrogens is 250 g/mol. The third kappa shape index (κ3) is 4.50. The Morgan fingerprint density at radius 2 is 2.05 bits per heavy atom. The summed E-state index contributed by atoms with van der Waals surface area (Å²) in [6.45, 7) is 2.31. The number of nitrogens with two attached hydrogens (primary N) is 1. The summed E-state index contributed by atoms with van der Waals surface area (Å²) in [4.78, 5) is 22.5. The highest BCUT2D eigenvalue weighted by atomic mass is 16.5. The molecule has 6 heteroatoms. The lowest BCUT2D eigenvalue weighted by atomic mass is 10.2. The summed E-state index contributed by atoms with van der Waals surface area (Å²) >= 11 is 0. The third-order valence-electron chi connectivity index (χ3n) is 2.31. The minimum Gasteiger partial charge on any atom is -0.492 e. The average molecular weight is 267 g/mol. The minimum absolute atomic E-state index is 0.0226. The van der Waals surface area contributed by atoms with Crippen LogP contribution in [0.5, 0.6) is 5.75 Å². The standard InChI is InChI=1S/C13H17NO5/c1-3-18-11-5-4-9(8-10(11)14)13(16)19-7-6-12(15)17-2/h4-5,8H,3,6-7,14H2,1-2H3. The zero-order valence-corrected chi connectivity index (χ0v) is 11.0. The van der Waals surface area contributed by atoms with Gasteiger partial charge in [0, 0.05) is 0 Å². The normalized spacial score (nSPS) is 9.79. The van der Waals surface area contributed by atoms with E-state index in [0.29, 0.717) is 23.6 Å². The van der Waals surface area contributed by atoms with Crippen LogP contribution in [-0.4, -0.2) is 32.3 Å². The maximum Gasteiger partial charge on any atom is 0.338 e. The largest absolute Gasteiger partial charge is 0.492 e. The van der Waals surface area contributed by atoms with E-state index in [-0.39, 0.29) is 13.0 Å². The van der Waals surface area contributed by atoms with Crippen molar-refractivity contribution < 1.29 is 23.8 Å². The topological polar surface area (TPSA) is 87.8 Å². The Hall–Kier alpha value is -2.24. The number of methoxy groups -OCH3 is 1. The Morgan fingerprint density at radius 3 is 2.63 bits per heavy atom. The number of carbonyl (C=O) groups excluding carboxylic acids is 2. The lowest BCUT2D eigenvalue weighted by Gasteiger charge is -2.08. The number of anilines is 1. The summed E-state index contributed by atoms with van der Waals surface area (Å²) < 4.78 is 14.6. The molecule has 0 aliphatic heterocycles. The zero-order valence-electron chi connectivity index (χ0n) is 11.0. The van der Waals surface area contributed by atoms with Crippen molar-refractivity contribution in [1.29, 1.82) is 0 Å². The van der Waals surface area contributed by atoms with Crippen molar-refractivity contribution in [2.45, 2.75) is 13.3 Å². The number of hydrogen-bond donors (Lipinski definition) is 1. The van der Waals surface area contributed by atoms with E-state index in [4.69, 9.17) is 15.2 Å². The summed E-state index contributed by atoms with van der Waals surface area (Å²) in [6.07, 6.45) is 0.0226. The van der Waals surface area contributed by atoms with E-state index in [2.05, 4.69) is 4.74 Å². The van der Waals surface area contributed by atoms with Crippen LogP contribution < -0.4 is 10.5 Å². The Bertz CT molecular complexity index is 458. The summed E-state index contributed by atoms with van der Waals surface area (Å²) in [7, 11) is 1.28. The van der Waals surface area contributed by atoms with Gasteiger partial charge < -0.3 is 19.9 Å². The maximum atomic E-state index is 11.7. The van der Waals surface area contributed by atoms with Crippen molar-refractivity contribution in [3.05, 3.63) is 23.8 Å². The van der Waals surface area contributed by atoms with Crippen LogP contribution in [0.1, 0.15) is 23.7 Å². The molecule has 0 radical (unpaired) electrons. The van der Waals surface area contributed by atoms with Gasteiger partial charge in [-0.3, -0.25) is 4.79 Å². The SMILES string of the molecule is CCOc1ccc(C(=O)OCCC(=O)OC)cc1N. The van der Waals surface area contributed by atoms with Crippen LogP contribution >= 0.6 is 0 Å². The molecule has 6 nitrogen and oxygen atoms in total. The molecule has 0 spiro atoms. The fraction of sp³-hybridized carbons (Fsp3) is 0.385. The van der Waals surface area contributed by atoms with Crippen molar-refractivity contribution >= 4 is 17.6 Å². The molecule has 1 rings (SSSR count). The number of esters is 2. The summed E-state index contributed by atoms with van der Waals surface area (Å²) in [5, 5.41) is 0. The van der Waals surface area contributed by atoms with E-state index in [1.54, 1.807) is 12.1 Å². The highest BCUT2D eigenvalue weighted by molar-refractivity contribution is 5.91. The number of nitrogen functional groups attached to an aromatic ring is 1. The quantitative estimate of drug-likeness (QED) is 0.619. The van der Waals surface area contributed by atoms with E-state index in [1.807, 2.05) is 6.92 Å². The van der Waals surface area contributed by atoms with Gasteiger partial charge in [-0.05, 0) is 25.1 Å². The molecule has 0 saturated carbocycles. The molecular formula is C13H17NO5. The highest BCUT2D eigenvalue weighted by Crippen LogP contribution is 2.22. The first kappa shape index (κ1) is 14.8. The first-order valence-corrected chi connectivity index (χ1v) is 5.84. The van der Waals surface area contributed by atoms with Gasteiger partial charge in [-0.25, -0.2) is 4.79 Å². The van der Waals surface area contributed by atoms with Crippen molar-refractivity contribution in [1.82, 2.24) is 0 Å². The molecule has 0 aromatic heterocycles. The van der Waals surface area contributed by atoms with Crippen molar-refractivity contribution in [3.8, 4) is 5.75 Å². The van der Waals surface area contributed by atoms with E-state index in [9.17, 15) is 9.59 Å². The van der Waals surface area contributed by atoms with Crippen LogP contribution in [0, 0.1) is 0 Å². The van der Waals surface area contributed by atoms with Crippen LogP contribution in [0.4, 0.5) is 5.69 Å². The zero-order chi connectivity index (χ0) is 14.3. The number of carbonyl (C=O) groups is 2. The van der Waals surface area contributed by atoms with Gasteiger partial charge in [0.1, 0.15) is 12.4 Å². The van der Waals surface area contributed by atoms with Crippen LogP contribution in [0.15, 0.2) is 18.2 Å². The molecule has 0 aliphatic rings. The van der Waals surface area contributed by atoms with Crippen LogP contribution in [-0.2, 0) is 14.3 Å². The third-order valence-corrected chi connectivity index (χ3v) is 2.31. The molecule has 0 fully saturated rings. The van der Waals surface area contributed by atoms with Crippen LogP contribution in [0.25, 0.3) is 0 Å². The van der Waals surface area contributed by atoms with Crippen molar-refractivity contribution in [2.75, 3.05) is 26.1 Å². The van der Waals surface area contributed by atoms with Gasteiger partial charge in [-0.1, -0.05) is 0 Å². The summed E-state index contributed by atoms with van der Waals surface area (Å²) in [5.41, 5.74) is 6.41. The molecule has 1 aromatic carbocycles. The summed E-state index contributed by atoms with van der Waals surface area (Å²) in [5.74, 6) is -0.453. The van der Waals surface area contributed by atoms with E-state index < -0.39 is 11.9 Å². The first-order valence-electron chi connectivity index (χ1n) is 5.84. The lowest BCUT2D eigenvalue weighted by molar-refractivity contribution is -0.141. The molecule has 0 bridgehead atoms. The number of ether oxygens (including phenoxy) is 3. The van der Waals surface area contributed by atoms with Gasteiger partial charge in [0.15, 0.2) is 0 Å². The van der Waals surface area contributed by atoms with Gasteiger partial charge in [0.05, 0.1) is 31.4 Å². The average Bonchev–Trinajstić information content (AvgIpc) is 2.40. The second-order valence-electron chi connectivity index (χ2n) is 3.65. The fourth-order valence-corrected chi connectivity index (χ4v) is 1.37. The summed E-state index contributed by atoms with van der Waals surface area (Å²) in [6, 6.07) is 4.64. The van der Waals surface area contributed by atoms with Gasteiger partial charge in [-0.2, -0.15) is 0 Å². The maximum absolute atomic E-state index is 11.7. The molecule has 104 valence electrons. The molecule has 0 aliphatic carbocycles. The molecule has 0 saturated heterocycles. The lowest BCUT2D eigenvalue weighted by Crippen LogP contribution is -2.11. The smallest absolute Gasteiger partial charge is 0.338 e. The Labute approximate surface area is 111 Å². The van der Waals surface area contributed by atoms with Gasteiger partial charge in [0.25, 0.3) is 0 Å². The number of hydrogen-bond acceptors (Lipinski definition) is 6. The Balaban J connectivity index is 2.57. The molecule has 19 heavy (non-hydrogen) atoms. The van der Waals surface area contributed by atoms with Crippen molar-refractivity contribution in [3.63, 3.8) is 0 Å². The highest BCUT2D eigenvalue weighted by Gasteiger charge is 2.11. The second-order valence-corrected chi connectivity index (χ2v) is 3.65. The predicted molar refractivity (Wildman–Crippen MR) is 68.9 cm³/mol. The second kappa shape index (κ2) is 7.25. The fourth-order valence-electron chi connectivity index (χ4n) is 1.37. The van der Waals surface area contributed by atoms with Crippen molar-refractivity contribution in [2.24, 2.45) is 0 Å². The minimum atomic E-state index is -0.543. The molecule has 0 amide bonds. The monoisotopic (exact) mass is 267 g/mol. The predicted octanol–water partition coefficient (Wildman–Crippen LogP) is 1.39. The van der Waals surface area contributed by atoms with Crippen LogP contribution in [0.3, 0.4) is 0 Å². The van der Waals surface area contributed by atoms with E-state index >= 15 is 0 Å². The van der Waals surface area contributed by atoms with E-state index in [1.165, 1.54) is 13.2 Å². The molecule has 1 aromatic rings. The van der Waals surface area contributed by atoms with Crippen LogP contribution in [0.2, 0.25) is 0 Å². The Morgan fingerprint density at radius 1 is 1.32 bits per heavy atom. The molecule has 0 atom stereocenters. The van der Waals surface area contributed by atoms with Gasteiger partial charge in [-0.15, -0.1) is 0 Å². The molecule has 2 N–H and O–H groups in total. The number of benzene rings is 1. The van der Waals surface area contributed by atoms with Gasteiger partial charge >= 0.3 is 11.9 Å². The molecule has 0 unspecified atom stereocenters.